The van der Waals surface area contributed by atoms with E-state index in [0.29, 0.717) is 11.3 Å². The Morgan fingerprint density at radius 2 is 2.05 bits per heavy atom. The molecule has 0 atom stereocenters. The highest BCUT2D eigenvalue weighted by Crippen LogP contribution is 2.16. The summed E-state index contributed by atoms with van der Waals surface area (Å²) < 4.78 is 14.0. The summed E-state index contributed by atoms with van der Waals surface area (Å²) >= 11 is 0. The maximum absolute atomic E-state index is 14.0. The minimum Gasteiger partial charge on any atom is -0.322 e. The van der Waals surface area contributed by atoms with Crippen LogP contribution in [0.2, 0.25) is 0 Å². The molecular weight excluding hydrogens is 267 g/mol. The first-order valence-electron chi connectivity index (χ1n) is 6.47. The minimum absolute atomic E-state index is 0.0171. The lowest BCUT2D eigenvalue weighted by Crippen LogP contribution is -2.14. The number of nitrogens with one attached hydrogen (secondary N) is 1. The van der Waals surface area contributed by atoms with Gasteiger partial charge in [0, 0.05) is 11.3 Å². The molecule has 2 aromatic carbocycles. The van der Waals surface area contributed by atoms with E-state index in [1.807, 2.05) is 25.1 Å². The fourth-order valence-corrected chi connectivity index (χ4v) is 1.83. The number of aryl methyl sites for hydroxylation is 1. The molecule has 0 bridgehead atoms. The number of hydrogen-bond acceptors (Lipinski definition) is 2. The van der Waals surface area contributed by atoms with Crippen molar-refractivity contribution in [1.29, 1.82) is 0 Å². The summed E-state index contributed by atoms with van der Waals surface area (Å²) in [6.07, 6.45) is 0. The molecule has 0 aromatic heterocycles. The molecule has 0 radical (unpaired) electrons. The van der Waals surface area contributed by atoms with Crippen molar-refractivity contribution in [2.24, 2.45) is 5.73 Å². The Bertz CT molecular complexity index is 729. The number of rotatable bonds is 2. The van der Waals surface area contributed by atoms with Crippen molar-refractivity contribution in [3.05, 3.63) is 65.0 Å². The molecule has 0 saturated carbocycles. The van der Waals surface area contributed by atoms with Gasteiger partial charge in [-0.3, -0.25) is 4.79 Å². The fourth-order valence-electron chi connectivity index (χ4n) is 1.83. The van der Waals surface area contributed by atoms with Crippen LogP contribution in [0, 0.1) is 24.6 Å². The van der Waals surface area contributed by atoms with E-state index in [2.05, 4.69) is 17.2 Å². The van der Waals surface area contributed by atoms with Crippen LogP contribution in [0.5, 0.6) is 0 Å². The summed E-state index contributed by atoms with van der Waals surface area (Å²) in [5, 5.41) is 2.69. The van der Waals surface area contributed by atoms with Crippen LogP contribution in [0.1, 0.15) is 21.5 Å². The zero-order valence-corrected chi connectivity index (χ0v) is 11.6. The Balaban J connectivity index is 2.22. The molecule has 0 aliphatic rings. The standard InChI is InChI=1S/C17H15FN2O/c1-12-5-2-3-7-16(12)20-17(21)14-9-8-13(6-4-10-19)11-15(14)18/h2-3,5,7-9,11H,10,19H2,1H3,(H,20,21). The molecule has 1 amide bonds. The second-order valence-electron chi connectivity index (χ2n) is 4.47. The number of nitrogens with two attached hydrogens (primary N) is 1. The van der Waals surface area contributed by atoms with E-state index >= 15 is 0 Å². The Morgan fingerprint density at radius 1 is 1.29 bits per heavy atom. The molecule has 0 heterocycles. The van der Waals surface area contributed by atoms with Crippen molar-refractivity contribution < 1.29 is 9.18 Å². The molecule has 0 aliphatic heterocycles. The number of para-hydroxylation sites is 1. The van der Waals surface area contributed by atoms with Crippen LogP contribution >= 0.6 is 0 Å². The van der Waals surface area contributed by atoms with Gasteiger partial charge in [-0.05, 0) is 36.8 Å². The van der Waals surface area contributed by atoms with Crippen molar-refractivity contribution in [3.8, 4) is 11.8 Å². The van der Waals surface area contributed by atoms with Gasteiger partial charge in [0.15, 0.2) is 0 Å². The lowest BCUT2D eigenvalue weighted by atomic mass is 10.1. The van der Waals surface area contributed by atoms with Crippen molar-refractivity contribution in [1.82, 2.24) is 0 Å². The molecule has 0 spiro atoms. The monoisotopic (exact) mass is 282 g/mol. The second kappa shape index (κ2) is 6.69. The van der Waals surface area contributed by atoms with E-state index in [1.165, 1.54) is 12.1 Å². The SMILES string of the molecule is Cc1ccccc1NC(=O)c1ccc(C#CCN)cc1F. The lowest BCUT2D eigenvalue weighted by Gasteiger charge is -2.08. The summed E-state index contributed by atoms with van der Waals surface area (Å²) in [5.41, 5.74) is 7.31. The molecule has 106 valence electrons. The number of anilines is 1. The minimum atomic E-state index is -0.607. The van der Waals surface area contributed by atoms with E-state index in [0.717, 1.165) is 5.56 Å². The summed E-state index contributed by atoms with van der Waals surface area (Å²) in [6.45, 7) is 2.08. The molecule has 3 N–H and O–H groups in total. The first-order valence-corrected chi connectivity index (χ1v) is 6.47. The Labute approximate surface area is 123 Å². The summed E-state index contributed by atoms with van der Waals surface area (Å²) in [4.78, 5) is 12.1. The van der Waals surface area contributed by atoms with Crippen LogP contribution in [-0.4, -0.2) is 12.5 Å². The number of amides is 1. The molecular formula is C17H15FN2O. The number of hydrogen-bond donors (Lipinski definition) is 2. The van der Waals surface area contributed by atoms with Gasteiger partial charge in [-0.1, -0.05) is 30.0 Å². The van der Waals surface area contributed by atoms with Crippen LogP contribution in [0.4, 0.5) is 10.1 Å². The van der Waals surface area contributed by atoms with Gasteiger partial charge in [0.2, 0.25) is 0 Å². The summed E-state index contributed by atoms with van der Waals surface area (Å²) in [5.74, 6) is 4.27. The highest BCUT2D eigenvalue weighted by molar-refractivity contribution is 6.04. The lowest BCUT2D eigenvalue weighted by molar-refractivity contribution is 0.102. The van der Waals surface area contributed by atoms with Crippen LogP contribution in [-0.2, 0) is 0 Å². The van der Waals surface area contributed by atoms with Gasteiger partial charge in [0.1, 0.15) is 5.82 Å². The normalized spacial score (nSPS) is 9.67. The summed E-state index contributed by atoms with van der Waals surface area (Å²) in [6, 6.07) is 11.6. The Hall–Kier alpha value is -2.64. The van der Waals surface area contributed by atoms with Gasteiger partial charge in [0.05, 0.1) is 12.1 Å². The van der Waals surface area contributed by atoms with Gasteiger partial charge in [-0.25, -0.2) is 4.39 Å². The first kappa shape index (κ1) is 14.8. The second-order valence-corrected chi connectivity index (χ2v) is 4.47. The van der Waals surface area contributed by atoms with Crippen molar-refractivity contribution in [2.75, 3.05) is 11.9 Å². The third-order valence-electron chi connectivity index (χ3n) is 2.94. The average Bonchev–Trinajstić information content (AvgIpc) is 2.47. The van der Waals surface area contributed by atoms with Crippen LogP contribution in [0.15, 0.2) is 42.5 Å². The highest BCUT2D eigenvalue weighted by Gasteiger charge is 2.12. The number of halogens is 1. The van der Waals surface area contributed by atoms with E-state index in [-0.39, 0.29) is 12.1 Å². The molecule has 2 rings (SSSR count). The maximum Gasteiger partial charge on any atom is 0.258 e. The van der Waals surface area contributed by atoms with Crippen LogP contribution in [0.25, 0.3) is 0 Å². The van der Waals surface area contributed by atoms with Gasteiger partial charge < -0.3 is 11.1 Å². The molecule has 0 unspecified atom stereocenters. The summed E-state index contributed by atoms with van der Waals surface area (Å²) in [7, 11) is 0. The van der Waals surface area contributed by atoms with E-state index in [1.54, 1.807) is 12.1 Å². The van der Waals surface area contributed by atoms with Crippen molar-refractivity contribution in [2.45, 2.75) is 6.92 Å². The molecule has 21 heavy (non-hydrogen) atoms. The Morgan fingerprint density at radius 3 is 2.71 bits per heavy atom. The maximum atomic E-state index is 14.0. The zero-order valence-electron chi connectivity index (χ0n) is 11.6. The average molecular weight is 282 g/mol. The fraction of sp³-hybridized carbons (Fsp3) is 0.118. The van der Waals surface area contributed by atoms with Crippen molar-refractivity contribution in [3.63, 3.8) is 0 Å². The quantitative estimate of drug-likeness (QED) is 0.832. The predicted octanol–water partition coefficient (Wildman–Crippen LogP) is 2.70. The van der Waals surface area contributed by atoms with Crippen LogP contribution in [0.3, 0.4) is 0 Å². The van der Waals surface area contributed by atoms with E-state index < -0.39 is 11.7 Å². The molecule has 3 nitrogen and oxygen atoms in total. The van der Waals surface area contributed by atoms with Gasteiger partial charge in [-0.2, -0.15) is 0 Å². The Kier molecular flexibility index (Phi) is 4.70. The van der Waals surface area contributed by atoms with Gasteiger partial charge >= 0.3 is 0 Å². The highest BCUT2D eigenvalue weighted by atomic mass is 19.1. The molecule has 0 saturated heterocycles. The number of carbonyl (C=O) groups excluding carboxylic acids is 1. The van der Waals surface area contributed by atoms with E-state index in [9.17, 15) is 9.18 Å². The molecule has 2 aromatic rings. The topological polar surface area (TPSA) is 55.1 Å². The first-order chi connectivity index (χ1) is 10.1. The van der Waals surface area contributed by atoms with Gasteiger partial charge in [-0.15, -0.1) is 0 Å². The van der Waals surface area contributed by atoms with Crippen molar-refractivity contribution >= 4 is 11.6 Å². The van der Waals surface area contributed by atoms with Crippen LogP contribution < -0.4 is 11.1 Å². The molecule has 0 fully saturated rings. The third-order valence-corrected chi connectivity index (χ3v) is 2.94. The number of carbonyl (C=O) groups is 1. The van der Waals surface area contributed by atoms with E-state index in [4.69, 9.17) is 5.73 Å². The third kappa shape index (κ3) is 3.68. The largest absolute Gasteiger partial charge is 0.322 e. The van der Waals surface area contributed by atoms with Gasteiger partial charge in [0.25, 0.3) is 5.91 Å². The smallest absolute Gasteiger partial charge is 0.258 e. The molecule has 4 heteroatoms. The number of benzene rings is 2. The predicted molar refractivity (Wildman–Crippen MR) is 81.5 cm³/mol. The molecule has 0 aliphatic carbocycles. The zero-order chi connectivity index (χ0) is 15.2.